The van der Waals surface area contributed by atoms with E-state index < -0.39 is 0 Å². The Morgan fingerprint density at radius 1 is 1.06 bits per heavy atom. The van der Waals surface area contributed by atoms with Gasteiger partial charge in [-0.15, -0.1) is 0 Å². The summed E-state index contributed by atoms with van der Waals surface area (Å²) in [7, 11) is 0. The number of amidine groups is 1. The van der Waals surface area contributed by atoms with Crippen LogP contribution in [0.5, 0.6) is 0 Å². The smallest absolute Gasteiger partial charge is 0.264 e. The molecule has 1 saturated heterocycles. The number of amides is 1. The highest BCUT2D eigenvalue weighted by atomic mass is 32.2. The molecule has 0 spiro atoms. The number of carbonyl (C=O) groups excluding carboxylic acids is 1. The van der Waals surface area contributed by atoms with Gasteiger partial charge in [-0.25, -0.2) is 4.99 Å². The first kappa shape index (κ1) is 21.7. The average Bonchev–Trinajstić information content (AvgIpc) is 3.37. The second-order valence-electron chi connectivity index (χ2n) is 8.20. The van der Waals surface area contributed by atoms with E-state index in [1.807, 2.05) is 67.7 Å². The van der Waals surface area contributed by atoms with Crippen LogP contribution >= 0.6 is 11.8 Å². The molecule has 0 bridgehead atoms. The Morgan fingerprint density at radius 2 is 1.85 bits per heavy atom. The van der Waals surface area contributed by atoms with Crippen molar-refractivity contribution in [1.29, 1.82) is 5.26 Å². The number of nitrogens with one attached hydrogen (secondary N) is 1. The third-order valence-corrected chi connectivity index (χ3v) is 6.94. The predicted molar refractivity (Wildman–Crippen MR) is 139 cm³/mol. The van der Waals surface area contributed by atoms with Gasteiger partial charge < -0.3 is 9.88 Å². The Labute approximate surface area is 202 Å². The van der Waals surface area contributed by atoms with E-state index in [1.165, 1.54) is 11.8 Å². The van der Waals surface area contributed by atoms with Crippen molar-refractivity contribution in [3.05, 3.63) is 106 Å². The Morgan fingerprint density at radius 3 is 2.71 bits per heavy atom. The molecule has 0 saturated carbocycles. The van der Waals surface area contributed by atoms with Gasteiger partial charge in [0.05, 0.1) is 22.2 Å². The quantitative estimate of drug-likeness (QED) is 0.374. The van der Waals surface area contributed by atoms with Crippen LogP contribution in [-0.2, 0) is 11.3 Å². The van der Waals surface area contributed by atoms with Crippen molar-refractivity contribution in [2.75, 3.05) is 0 Å². The van der Waals surface area contributed by atoms with Crippen molar-refractivity contribution < 1.29 is 4.79 Å². The largest absolute Gasteiger partial charge is 0.342 e. The standard InChI is InChI=1S/C28H22N4OS/c1-18-8-7-12-24(19(18)2)30-28-31-27(33)26(34-28)14-22-17-32(25-13-6-5-11-23(22)25)16-21-10-4-3-9-20(21)15-29/h3-14,17H,16H2,1-2H3,(H,30,31,33)/b26-14-. The number of thioether (sulfide) groups is 1. The van der Waals surface area contributed by atoms with Crippen molar-refractivity contribution >= 4 is 45.5 Å². The normalized spacial score (nSPS) is 15.7. The Kier molecular flexibility index (Phi) is 5.79. The van der Waals surface area contributed by atoms with Crippen LogP contribution in [0.2, 0.25) is 0 Å². The van der Waals surface area contributed by atoms with E-state index in [4.69, 9.17) is 0 Å². The molecule has 166 valence electrons. The Balaban J connectivity index is 1.50. The molecule has 1 aromatic heterocycles. The zero-order valence-electron chi connectivity index (χ0n) is 18.9. The van der Waals surface area contributed by atoms with Crippen molar-refractivity contribution in [3.63, 3.8) is 0 Å². The average molecular weight is 463 g/mol. The maximum absolute atomic E-state index is 12.7. The molecule has 5 rings (SSSR count). The second kappa shape index (κ2) is 9.05. The van der Waals surface area contributed by atoms with Crippen LogP contribution in [0.15, 0.2) is 82.8 Å². The molecule has 1 aliphatic heterocycles. The third-order valence-electron chi connectivity index (χ3n) is 6.03. The van der Waals surface area contributed by atoms with Crippen LogP contribution in [-0.4, -0.2) is 15.6 Å². The first-order valence-electron chi connectivity index (χ1n) is 10.9. The van der Waals surface area contributed by atoms with Crippen molar-refractivity contribution in [2.24, 2.45) is 4.99 Å². The highest BCUT2D eigenvalue weighted by Crippen LogP contribution is 2.32. The molecule has 3 aromatic carbocycles. The molecule has 1 N–H and O–H groups in total. The van der Waals surface area contributed by atoms with Crippen LogP contribution in [0.3, 0.4) is 0 Å². The number of aryl methyl sites for hydroxylation is 1. The summed E-state index contributed by atoms with van der Waals surface area (Å²) in [6.07, 6.45) is 3.96. The van der Waals surface area contributed by atoms with E-state index in [0.29, 0.717) is 22.2 Å². The fourth-order valence-corrected chi connectivity index (χ4v) is 4.89. The minimum atomic E-state index is -0.152. The molecule has 0 atom stereocenters. The molecule has 2 heterocycles. The van der Waals surface area contributed by atoms with Crippen molar-refractivity contribution in [3.8, 4) is 6.07 Å². The van der Waals surface area contributed by atoms with Gasteiger partial charge in [0.2, 0.25) is 0 Å². The van der Waals surface area contributed by atoms with Gasteiger partial charge in [-0.1, -0.05) is 48.5 Å². The van der Waals surface area contributed by atoms with Crippen molar-refractivity contribution in [1.82, 2.24) is 9.88 Å². The van der Waals surface area contributed by atoms with Gasteiger partial charge in [-0.3, -0.25) is 4.79 Å². The molecular weight excluding hydrogens is 440 g/mol. The van der Waals surface area contributed by atoms with Gasteiger partial charge in [-0.2, -0.15) is 5.26 Å². The Bertz CT molecular complexity index is 1540. The van der Waals surface area contributed by atoms with Gasteiger partial charge in [0.25, 0.3) is 5.91 Å². The highest BCUT2D eigenvalue weighted by Gasteiger charge is 2.24. The van der Waals surface area contributed by atoms with Gasteiger partial charge >= 0.3 is 0 Å². The monoisotopic (exact) mass is 462 g/mol. The predicted octanol–water partition coefficient (Wildman–Crippen LogP) is 6.07. The molecule has 1 fully saturated rings. The van der Waals surface area contributed by atoms with E-state index in [0.717, 1.165) is 38.8 Å². The maximum Gasteiger partial charge on any atom is 0.264 e. The SMILES string of the molecule is Cc1cccc(N=C2NC(=O)/C(=C/c3cn(Cc4ccccc4C#N)c4ccccc34)S2)c1C. The number of rotatable bonds is 4. The summed E-state index contributed by atoms with van der Waals surface area (Å²) in [5, 5.41) is 14.0. The number of fused-ring (bicyclic) bond motifs is 1. The number of aromatic nitrogens is 1. The number of hydrogen-bond acceptors (Lipinski definition) is 4. The first-order valence-corrected chi connectivity index (χ1v) is 11.8. The number of para-hydroxylation sites is 1. The van der Waals surface area contributed by atoms with Crippen LogP contribution in [0.25, 0.3) is 17.0 Å². The molecule has 1 aliphatic rings. The van der Waals surface area contributed by atoms with E-state index in [9.17, 15) is 10.1 Å². The number of hydrogen-bond donors (Lipinski definition) is 1. The lowest BCUT2D eigenvalue weighted by Crippen LogP contribution is -2.19. The lowest BCUT2D eigenvalue weighted by Gasteiger charge is -2.07. The maximum atomic E-state index is 12.7. The van der Waals surface area contributed by atoms with Gasteiger partial charge in [0, 0.05) is 29.2 Å². The lowest BCUT2D eigenvalue weighted by atomic mass is 10.1. The summed E-state index contributed by atoms with van der Waals surface area (Å²) in [5.41, 5.74) is 6.75. The van der Waals surface area contributed by atoms with Crippen molar-refractivity contribution in [2.45, 2.75) is 20.4 Å². The number of nitrogens with zero attached hydrogens (tertiary/aromatic N) is 3. The zero-order chi connectivity index (χ0) is 23.7. The fourth-order valence-electron chi connectivity index (χ4n) is 4.06. The second-order valence-corrected chi connectivity index (χ2v) is 9.23. The first-order chi connectivity index (χ1) is 16.5. The summed E-state index contributed by atoms with van der Waals surface area (Å²) < 4.78 is 2.13. The van der Waals surface area contributed by atoms with E-state index in [2.05, 4.69) is 46.1 Å². The fraction of sp³-hybridized carbons (Fsp3) is 0.107. The summed E-state index contributed by atoms with van der Waals surface area (Å²) in [6.45, 7) is 4.66. The van der Waals surface area contributed by atoms with Crippen LogP contribution in [0.1, 0.15) is 27.8 Å². The summed E-state index contributed by atoms with van der Waals surface area (Å²) in [4.78, 5) is 18.0. The number of aliphatic imine (C=N–C) groups is 1. The number of carbonyl (C=O) groups is 1. The van der Waals surface area contributed by atoms with E-state index >= 15 is 0 Å². The molecule has 0 aliphatic carbocycles. The molecule has 1 amide bonds. The topological polar surface area (TPSA) is 70.2 Å². The lowest BCUT2D eigenvalue weighted by molar-refractivity contribution is -0.115. The molecule has 0 unspecified atom stereocenters. The van der Waals surface area contributed by atoms with Gasteiger partial charge in [0.1, 0.15) is 0 Å². The van der Waals surface area contributed by atoms with Gasteiger partial charge in [0.15, 0.2) is 5.17 Å². The zero-order valence-corrected chi connectivity index (χ0v) is 19.7. The van der Waals surface area contributed by atoms with Gasteiger partial charge in [-0.05, 0) is 66.6 Å². The Hall–Kier alpha value is -4.08. The van der Waals surface area contributed by atoms with E-state index in [1.54, 1.807) is 0 Å². The summed E-state index contributed by atoms with van der Waals surface area (Å²) >= 11 is 1.35. The van der Waals surface area contributed by atoms with Crippen LogP contribution in [0.4, 0.5) is 5.69 Å². The minimum Gasteiger partial charge on any atom is -0.342 e. The third kappa shape index (κ3) is 4.14. The molecular formula is C28H22N4OS. The van der Waals surface area contributed by atoms with Crippen LogP contribution in [0, 0.1) is 25.2 Å². The van der Waals surface area contributed by atoms with Crippen LogP contribution < -0.4 is 5.32 Å². The highest BCUT2D eigenvalue weighted by molar-refractivity contribution is 8.18. The molecule has 34 heavy (non-hydrogen) atoms. The number of nitriles is 1. The summed E-state index contributed by atoms with van der Waals surface area (Å²) in [6, 6.07) is 24.0. The van der Waals surface area contributed by atoms with E-state index in [-0.39, 0.29) is 5.91 Å². The number of benzene rings is 3. The minimum absolute atomic E-state index is 0.152. The summed E-state index contributed by atoms with van der Waals surface area (Å²) in [5.74, 6) is -0.152. The molecule has 0 radical (unpaired) electrons. The molecule has 5 nitrogen and oxygen atoms in total. The molecule has 6 heteroatoms. The molecule has 4 aromatic rings.